The molecule has 4 heterocycles. The number of anilines is 1. The van der Waals surface area contributed by atoms with E-state index in [1.807, 2.05) is 11.8 Å². The van der Waals surface area contributed by atoms with Crippen LogP contribution in [0.4, 0.5) is 5.95 Å². The highest BCUT2D eigenvalue weighted by atomic mass is 32.2. The summed E-state index contributed by atoms with van der Waals surface area (Å²) in [4.78, 5) is 25.9. The van der Waals surface area contributed by atoms with Gasteiger partial charge in [-0.25, -0.2) is 18.4 Å². The lowest BCUT2D eigenvalue weighted by Crippen LogP contribution is -2.52. The highest BCUT2D eigenvalue weighted by Crippen LogP contribution is 2.31. The summed E-state index contributed by atoms with van der Waals surface area (Å²) in [6.45, 7) is 8.71. The summed E-state index contributed by atoms with van der Waals surface area (Å²) in [7, 11) is -3.64. The highest BCUT2D eigenvalue weighted by molar-refractivity contribution is 7.89. The molecule has 0 radical (unpaired) electrons. The molecule has 2 aliphatic rings. The Kier molecular flexibility index (Phi) is 6.47. The summed E-state index contributed by atoms with van der Waals surface area (Å²) in [6.07, 6.45) is 4.76. The van der Waals surface area contributed by atoms with Gasteiger partial charge < -0.3 is 14.3 Å². The van der Waals surface area contributed by atoms with Gasteiger partial charge in [0.05, 0.1) is 0 Å². The maximum absolute atomic E-state index is 13.1. The normalized spacial score (nSPS) is 19.8. The number of amides is 1. The van der Waals surface area contributed by atoms with E-state index in [2.05, 4.69) is 20.0 Å². The van der Waals surface area contributed by atoms with Gasteiger partial charge in [-0.15, -0.1) is 0 Å². The summed E-state index contributed by atoms with van der Waals surface area (Å²) in [5, 5.41) is 3.78. The number of carbonyl (C=O) groups excluding carboxylic acids is 1. The molecule has 0 bridgehead atoms. The number of sulfonamides is 1. The lowest BCUT2D eigenvalue weighted by Gasteiger charge is -2.39. The molecule has 11 heteroatoms. The van der Waals surface area contributed by atoms with Crippen molar-refractivity contribution in [1.82, 2.24) is 24.3 Å². The van der Waals surface area contributed by atoms with Gasteiger partial charge in [-0.05, 0) is 38.7 Å². The molecule has 2 saturated heterocycles. The van der Waals surface area contributed by atoms with Crippen molar-refractivity contribution in [3.8, 4) is 0 Å². The zero-order chi connectivity index (χ0) is 22.9. The first-order chi connectivity index (χ1) is 15.3. The van der Waals surface area contributed by atoms with Gasteiger partial charge in [0.25, 0.3) is 0 Å². The van der Waals surface area contributed by atoms with E-state index in [4.69, 9.17) is 4.52 Å². The van der Waals surface area contributed by atoms with Gasteiger partial charge in [0.1, 0.15) is 10.6 Å². The molecule has 4 rings (SSSR count). The minimum absolute atomic E-state index is 0.140. The predicted molar refractivity (Wildman–Crippen MR) is 117 cm³/mol. The third-order valence-electron chi connectivity index (χ3n) is 6.59. The Morgan fingerprint density at radius 1 is 1.06 bits per heavy atom. The molecular formula is C21H30N6O4S. The maximum atomic E-state index is 13.1. The monoisotopic (exact) mass is 462 g/mol. The fourth-order valence-electron chi connectivity index (χ4n) is 4.66. The topological polar surface area (TPSA) is 113 Å². The number of piperidine rings is 1. The number of rotatable bonds is 5. The molecule has 0 aliphatic carbocycles. The van der Waals surface area contributed by atoms with Gasteiger partial charge in [-0.2, -0.15) is 4.31 Å². The molecule has 2 aromatic rings. The van der Waals surface area contributed by atoms with Crippen LogP contribution in [0.2, 0.25) is 0 Å². The summed E-state index contributed by atoms with van der Waals surface area (Å²) in [5.41, 5.74) is 0.383. The second-order valence-corrected chi connectivity index (χ2v) is 10.4. The SMILES string of the molecule is Cc1noc(C)c1S(=O)(=O)N1CCC([C@@H](C)C(=O)N2CCN(c3ncccn3)CC2)CC1. The lowest BCUT2D eigenvalue weighted by atomic mass is 9.85. The molecule has 10 nitrogen and oxygen atoms in total. The van der Waals surface area contributed by atoms with Gasteiger partial charge in [0.2, 0.25) is 21.9 Å². The van der Waals surface area contributed by atoms with Crippen LogP contribution < -0.4 is 4.90 Å². The second-order valence-electron chi connectivity index (χ2n) is 8.54. The van der Waals surface area contributed by atoms with Crippen molar-refractivity contribution in [2.75, 3.05) is 44.2 Å². The Morgan fingerprint density at radius 3 is 2.25 bits per heavy atom. The Labute approximate surface area is 188 Å². The quantitative estimate of drug-likeness (QED) is 0.656. The lowest BCUT2D eigenvalue weighted by molar-refractivity contribution is -0.137. The maximum Gasteiger partial charge on any atom is 0.248 e. The molecule has 0 unspecified atom stereocenters. The highest BCUT2D eigenvalue weighted by Gasteiger charge is 2.37. The van der Waals surface area contributed by atoms with Crippen molar-refractivity contribution in [1.29, 1.82) is 0 Å². The third-order valence-corrected chi connectivity index (χ3v) is 8.73. The molecule has 2 aromatic heterocycles. The number of carbonyl (C=O) groups is 1. The number of hydrogen-bond donors (Lipinski definition) is 0. The van der Waals surface area contributed by atoms with E-state index in [1.54, 1.807) is 32.3 Å². The molecule has 1 atom stereocenters. The molecule has 2 fully saturated rings. The van der Waals surface area contributed by atoms with Crippen LogP contribution in [0.25, 0.3) is 0 Å². The molecule has 0 aromatic carbocycles. The first-order valence-electron chi connectivity index (χ1n) is 11.0. The van der Waals surface area contributed by atoms with Gasteiger partial charge >= 0.3 is 0 Å². The number of aromatic nitrogens is 3. The average Bonchev–Trinajstić information content (AvgIpc) is 3.17. The number of nitrogens with zero attached hydrogens (tertiary/aromatic N) is 6. The smallest absolute Gasteiger partial charge is 0.248 e. The van der Waals surface area contributed by atoms with Crippen LogP contribution in [-0.2, 0) is 14.8 Å². The van der Waals surface area contributed by atoms with Crippen molar-refractivity contribution in [3.05, 3.63) is 29.9 Å². The minimum Gasteiger partial charge on any atom is -0.360 e. The molecule has 2 aliphatic heterocycles. The van der Waals surface area contributed by atoms with Gasteiger partial charge in [-0.3, -0.25) is 4.79 Å². The summed E-state index contributed by atoms with van der Waals surface area (Å²) < 4.78 is 32.6. The molecule has 0 saturated carbocycles. The predicted octanol–water partition coefficient (Wildman–Crippen LogP) is 1.47. The van der Waals surface area contributed by atoms with E-state index in [0.717, 1.165) is 0 Å². The molecule has 1 amide bonds. The minimum atomic E-state index is -3.64. The van der Waals surface area contributed by atoms with E-state index in [9.17, 15) is 13.2 Å². The molecule has 0 spiro atoms. The van der Waals surface area contributed by atoms with E-state index in [-0.39, 0.29) is 22.6 Å². The molecular weight excluding hydrogens is 432 g/mol. The van der Waals surface area contributed by atoms with Crippen molar-refractivity contribution < 1.29 is 17.7 Å². The van der Waals surface area contributed by atoms with Crippen molar-refractivity contribution in [2.45, 2.75) is 38.5 Å². The molecule has 174 valence electrons. The fourth-order valence-corrected chi connectivity index (χ4v) is 6.42. The molecule has 32 heavy (non-hydrogen) atoms. The number of hydrogen-bond acceptors (Lipinski definition) is 8. The zero-order valence-electron chi connectivity index (χ0n) is 18.8. The average molecular weight is 463 g/mol. The second kappa shape index (κ2) is 9.14. The Bertz CT molecular complexity index is 1020. The number of aryl methyl sites for hydroxylation is 2. The van der Waals surface area contributed by atoms with E-state index < -0.39 is 10.0 Å². The van der Waals surface area contributed by atoms with Crippen LogP contribution in [-0.4, -0.2) is 77.9 Å². The summed E-state index contributed by atoms with van der Waals surface area (Å²) in [6, 6.07) is 1.79. The van der Waals surface area contributed by atoms with Crippen LogP contribution >= 0.6 is 0 Å². The van der Waals surface area contributed by atoms with Crippen molar-refractivity contribution >= 4 is 21.9 Å². The largest absolute Gasteiger partial charge is 0.360 e. The van der Waals surface area contributed by atoms with Crippen LogP contribution in [0.15, 0.2) is 27.9 Å². The van der Waals surface area contributed by atoms with Crippen molar-refractivity contribution in [3.63, 3.8) is 0 Å². The van der Waals surface area contributed by atoms with Crippen LogP contribution in [0.3, 0.4) is 0 Å². The van der Waals surface area contributed by atoms with Crippen molar-refractivity contribution in [2.24, 2.45) is 11.8 Å². The Hall–Kier alpha value is -2.53. The van der Waals surface area contributed by atoms with E-state index in [1.165, 1.54) is 4.31 Å². The van der Waals surface area contributed by atoms with Crippen LogP contribution in [0.5, 0.6) is 0 Å². The standard InChI is InChI=1S/C21H30N6O4S/c1-15(20(28)25-11-13-26(14-12-25)21-22-7-4-8-23-21)18-5-9-27(10-6-18)32(29,30)19-16(2)24-31-17(19)3/h4,7-8,15,18H,5-6,9-14H2,1-3H3/t15-/m1/s1. The zero-order valence-corrected chi connectivity index (χ0v) is 19.6. The van der Waals surface area contributed by atoms with Gasteiger partial charge in [0.15, 0.2) is 5.76 Å². The van der Waals surface area contributed by atoms with Gasteiger partial charge in [-0.1, -0.05) is 12.1 Å². The summed E-state index contributed by atoms with van der Waals surface area (Å²) in [5.74, 6) is 1.17. The van der Waals surface area contributed by atoms with Crippen LogP contribution in [0, 0.1) is 25.7 Å². The van der Waals surface area contributed by atoms with E-state index in [0.29, 0.717) is 69.5 Å². The Balaban J connectivity index is 1.32. The first-order valence-corrected chi connectivity index (χ1v) is 12.5. The fraction of sp³-hybridized carbons (Fsp3) is 0.619. The van der Waals surface area contributed by atoms with Gasteiger partial charge in [0, 0.05) is 57.6 Å². The van der Waals surface area contributed by atoms with Crippen LogP contribution in [0.1, 0.15) is 31.2 Å². The first kappa shape index (κ1) is 22.7. The Morgan fingerprint density at radius 2 is 1.69 bits per heavy atom. The van der Waals surface area contributed by atoms with E-state index >= 15 is 0 Å². The molecule has 0 N–H and O–H groups in total. The summed E-state index contributed by atoms with van der Waals surface area (Å²) >= 11 is 0. The number of piperazine rings is 1. The third kappa shape index (κ3) is 4.36.